The number of benzene rings is 2. The van der Waals surface area contributed by atoms with Gasteiger partial charge < -0.3 is 9.47 Å². The molecular formula is C16H14O3. The zero-order valence-electron chi connectivity index (χ0n) is 10.6. The molecule has 1 heterocycles. The summed E-state index contributed by atoms with van der Waals surface area (Å²) in [6, 6.07) is 15.1. The lowest BCUT2D eigenvalue weighted by Crippen LogP contribution is -2.11. The molecule has 3 heteroatoms. The van der Waals surface area contributed by atoms with Gasteiger partial charge in [-0.2, -0.15) is 0 Å². The van der Waals surface area contributed by atoms with Crippen LogP contribution in [-0.4, -0.2) is 12.6 Å². The molecule has 0 radical (unpaired) electrons. The molecule has 3 nitrogen and oxygen atoms in total. The van der Waals surface area contributed by atoms with Crippen LogP contribution in [0.1, 0.15) is 24.0 Å². The molecule has 96 valence electrons. The van der Waals surface area contributed by atoms with Crippen LogP contribution in [-0.2, 0) is 4.79 Å². The van der Waals surface area contributed by atoms with Crippen molar-refractivity contribution < 1.29 is 14.3 Å². The van der Waals surface area contributed by atoms with Crippen LogP contribution >= 0.6 is 0 Å². The van der Waals surface area contributed by atoms with E-state index >= 15 is 0 Å². The third-order valence-corrected chi connectivity index (χ3v) is 3.20. The number of hydrogen-bond donors (Lipinski definition) is 0. The maximum atomic E-state index is 12.0. The molecule has 3 rings (SSSR count). The van der Waals surface area contributed by atoms with Gasteiger partial charge in [-0.1, -0.05) is 30.3 Å². The number of carbonyl (C=O) groups excluding carboxylic acids is 1. The molecule has 1 aliphatic heterocycles. The van der Waals surface area contributed by atoms with Gasteiger partial charge in [0.2, 0.25) is 0 Å². The van der Waals surface area contributed by atoms with Crippen LogP contribution in [0.5, 0.6) is 11.5 Å². The maximum Gasteiger partial charge on any atom is 0.323 e. The van der Waals surface area contributed by atoms with Crippen molar-refractivity contribution in [2.75, 3.05) is 6.61 Å². The van der Waals surface area contributed by atoms with E-state index in [1.807, 2.05) is 55.5 Å². The Morgan fingerprint density at radius 3 is 2.58 bits per heavy atom. The molecule has 0 saturated heterocycles. The van der Waals surface area contributed by atoms with Gasteiger partial charge in [0.05, 0.1) is 6.61 Å². The summed E-state index contributed by atoms with van der Waals surface area (Å²) < 4.78 is 10.7. The second-order valence-corrected chi connectivity index (χ2v) is 4.39. The topological polar surface area (TPSA) is 35.5 Å². The van der Waals surface area contributed by atoms with Gasteiger partial charge >= 0.3 is 5.97 Å². The van der Waals surface area contributed by atoms with Gasteiger partial charge in [-0.3, -0.25) is 4.79 Å². The van der Waals surface area contributed by atoms with E-state index in [0.717, 1.165) is 16.9 Å². The third-order valence-electron chi connectivity index (χ3n) is 3.20. The standard InChI is InChI=1S/C16H14O3/c1-2-18-12-9-7-11(8-10-12)15-13-5-3-4-6-14(13)19-16(15)17/h3-10,15H,2H2,1H3. The Labute approximate surface area is 111 Å². The minimum atomic E-state index is -0.327. The van der Waals surface area contributed by atoms with Crippen LogP contribution in [0.4, 0.5) is 0 Å². The quantitative estimate of drug-likeness (QED) is 0.623. The summed E-state index contributed by atoms with van der Waals surface area (Å²) in [5.74, 6) is 0.925. The minimum absolute atomic E-state index is 0.217. The summed E-state index contributed by atoms with van der Waals surface area (Å²) in [4.78, 5) is 12.0. The van der Waals surface area contributed by atoms with Crippen molar-refractivity contribution in [2.45, 2.75) is 12.8 Å². The van der Waals surface area contributed by atoms with Gasteiger partial charge in [-0.05, 0) is 30.7 Å². The van der Waals surface area contributed by atoms with E-state index in [1.165, 1.54) is 0 Å². The molecule has 0 saturated carbocycles. The second kappa shape index (κ2) is 4.76. The summed E-state index contributed by atoms with van der Waals surface area (Å²) in [6.07, 6.45) is 0. The Morgan fingerprint density at radius 2 is 1.84 bits per heavy atom. The summed E-state index contributed by atoms with van der Waals surface area (Å²) in [5, 5.41) is 0. The van der Waals surface area contributed by atoms with Gasteiger partial charge in [0.15, 0.2) is 0 Å². The average Bonchev–Trinajstić information content (AvgIpc) is 2.76. The fourth-order valence-electron chi connectivity index (χ4n) is 2.35. The van der Waals surface area contributed by atoms with Gasteiger partial charge in [0.1, 0.15) is 17.4 Å². The van der Waals surface area contributed by atoms with Crippen LogP contribution in [0.15, 0.2) is 48.5 Å². The number of rotatable bonds is 3. The van der Waals surface area contributed by atoms with E-state index < -0.39 is 0 Å². The van der Waals surface area contributed by atoms with E-state index in [0.29, 0.717) is 12.4 Å². The Balaban J connectivity index is 1.96. The second-order valence-electron chi connectivity index (χ2n) is 4.39. The van der Waals surface area contributed by atoms with E-state index in [1.54, 1.807) is 0 Å². The first-order valence-corrected chi connectivity index (χ1v) is 6.33. The number of esters is 1. The largest absolute Gasteiger partial charge is 0.494 e. The lowest BCUT2D eigenvalue weighted by molar-refractivity contribution is -0.133. The zero-order chi connectivity index (χ0) is 13.2. The smallest absolute Gasteiger partial charge is 0.323 e. The number of carbonyl (C=O) groups is 1. The number of fused-ring (bicyclic) bond motifs is 1. The molecule has 0 aliphatic carbocycles. The first kappa shape index (κ1) is 11.8. The highest BCUT2D eigenvalue weighted by molar-refractivity contribution is 5.89. The van der Waals surface area contributed by atoms with Gasteiger partial charge in [0, 0.05) is 5.56 Å². The molecule has 0 aromatic heterocycles. The predicted molar refractivity (Wildman–Crippen MR) is 71.5 cm³/mol. The van der Waals surface area contributed by atoms with Crippen molar-refractivity contribution in [1.82, 2.24) is 0 Å². The molecule has 0 N–H and O–H groups in total. The Bertz CT molecular complexity index is 602. The van der Waals surface area contributed by atoms with Gasteiger partial charge in [-0.25, -0.2) is 0 Å². The van der Waals surface area contributed by atoms with E-state index in [9.17, 15) is 4.79 Å². The monoisotopic (exact) mass is 254 g/mol. The first-order chi connectivity index (χ1) is 9.29. The fourth-order valence-corrected chi connectivity index (χ4v) is 2.35. The molecular weight excluding hydrogens is 240 g/mol. The van der Waals surface area contributed by atoms with E-state index in [-0.39, 0.29) is 11.9 Å². The zero-order valence-corrected chi connectivity index (χ0v) is 10.6. The molecule has 19 heavy (non-hydrogen) atoms. The molecule has 0 spiro atoms. The van der Waals surface area contributed by atoms with Crippen molar-refractivity contribution in [2.24, 2.45) is 0 Å². The Morgan fingerprint density at radius 1 is 1.11 bits per heavy atom. The van der Waals surface area contributed by atoms with Gasteiger partial charge in [0.25, 0.3) is 0 Å². The number of para-hydroxylation sites is 1. The molecule has 2 aromatic carbocycles. The highest BCUT2D eigenvalue weighted by atomic mass is 16.5. The lowest BCUT2D eigenvalue weighted by atomic mass is 9.93. The van der Waals surface area contributed by atoms with Crippen molar-refractivity contribution in [1.29, 1.82) is 0 Å². The molecule has 1 atom stereocenters. The van der Waals surface area contributed by atoms with Crippen molar-refractivity contribution in [3.63, 3.8) is 0 Å². The first-order valence-electron chi connectivity index (χ1n) is 6.33. The molecule has 1 aliphatic rings. The normalized spacial score (nSPS) is 16.9. The van der Waals surface area contributed by atoms with Crippen LogP contribution < -0.4 is 9.47 Å². The van der Waals surface area contributed by atoms with Crippen LogP contribution in [0.2, 0.25) is 0 Å². The highest BCUT2D eigenvalue weighted by Gasteiger charge is 2.33. The number of ether oxygens (including phenoxy) is 2. The van der Waals surface area contributed by atoms with Crippen LogP contribution in [0.25, 0.3) is 0 Å². The predicted octanol–water partition coefficient (Wildman–Crippen LogP) is 3.14. The van der Waals surface area contributed by atoms with Gasteiger partial charge in [-0.15, -0.1) is 0 Å². The van der Waals surface area contributed by atoms with Crippen LogP contribution in [0, 0.1) is 0 Å². The summed E-state index contributed by atoms with van der Waals surface area (Å²) >= 11 is 0. The minimum Gasteiger partial charge on any atom is -0.494 e. The average molecular weight is 254 g/mol. The van der Waals surface area contributed by atoms with Crippen LogP contribution in [0.3, 0.4) is 0 Å². The molecule has 2 aromatic rings. The maximum absolute atomic E-state index is 12.0. The SMILES string of the molecule is CCOc1ccc(C2C(=O)Oc3ccccc32)cc1. The summed E-state index contributed by atoms with van der Waals surface area (Å²) in [6.45, 7) is 2.58. The highest BCUT2D eigenvalue weighted by Crippen LogP contribution is 2.39. The molecule has 1 unspecified atom stereocenters. The third kappa shape index (κ3) is 2.08. The van der Waals surface area contributed by atoms with Crippen molar-refractivity contribution in [3.05, 3.63) is 59.7 Å². The van der Waals surface area contributed by atoms with Crippen molar-refractivity contribution >= 4 is 5.97 Å². The Kier molecular flexibility index (Phi) is 2.95. The van der Waals surface area contributed by atoms with E-state index in [4.69, 9.17) is 9.47 Å². The molecule has 0 amide bonds. The lowest BCUT2D eigenvalue weighted by Gasteiger charge is -2.09. The Hall–Kier alpha value is -2.29. The molecule has 0 bridgehead atoms. The van der Waals surface area contributed by atoms with E-state index in [2.05, 4.69) is 0 Å². The molecule has 0 fully saturated rings. The van der Waals surface area contributed by atoms with Crippen molar-refractivity contribution in [3.8, 4) is 11.5 Å². The fraction of sp³-hybridized carbons (Fsp3) is 0.188. The summed E-state index contributed by atoms with van der Waals surface area (Å²) in [5.41, 5.74) is 1.86. The summed E-state index contributed by atoms with van der Waals surface area (Å²) in [7, 11) is 0. The number of hydrogen-bond acceptors (Lipinski definition) is 3.